The van der Waals surface area contributed by atoms with Crippen LogP contribution in [0.1, 0.15) is 51.7 Å². The van der Waals surface area contributed by atoms with Crippen molar-refractivity contribution in [2.45, 2.75) is 45.2 Å². The van der Waals surface area contributed by atoms with E-state index >= 15 is 0 Å². The molecular formula is C28H27N3OS. The zero-order valence-electron chi connectivity index (χ0n) is 18.8. The number of fused-ring (bicyclic) bond motifs is 5. The van der Waals surface area contributed by atoms with E-state index in [2.05, 4.69) is 59.4 Å². The molecule has 0 bridgehead atoms. The van der Waals surface area contributed by atoms with E-state index < -0.39 is 0 Å². The molecule has 6 rings (SSSR count). The van der Waals surface area contributed by atoms with Gasteiger partial charge in [-0.05, 0) is 68.0 Å². The lowest BCUT2D eigenvalue weighted by Crippen LogP contribution is -2.38. The highest BCUT2D eigenvalue weighted by molar-refractivity contribution is 7.15. The van der Waals surface area contributed by atoms with Gasteiger partial charge in [0.1, 0.15) is 5.00 Å². The minimum atomic E-state index is -0.164. The van der Waals surface area contributed by atoms with Gasteiger partial charge in [0, 0.05) is 22.3 Å². The van der Waals surface area contributed by atoms with Gasteiger partial charge in [0.2, 0.25) is 0 Å². The molecule has 0 radical (unpaired) electrons. The second-order valence-corrected chi connectivity index (χ2v) is 10.1. The number of hydrogen-bond donors (Lipinski definition) is 1. The summed E-state index contributed by atoms with van der Waals surface area (Å²) < 4.78 is 2.33. The second kappa shape index (κ2) is 8.23. The highest BCUT2D eigenvalue weighted by Crippen LogP contribution is 2.44. The summed E-state index contributed by atoms with van der Waals surface area (Å²) in [6.07, 6.45) is 6.92. The molecule has 1 aliphatic heterocycles. The molecule has 2 aromatic carbocycles. The number of urea groups is 1. The molecule has 2 amide bonds. The molecule has 0 fully saturated rings. The molecule has 0 unspecified atom stereocenters. The molecule has 1 aliphatic carbocycles. The quantitative estimate of drug-likeness (QED) is 0.354. The normalized spacial score (nSPS) is 17.0. The number of rotatable bonds is 2. The number of thiophene rings is 1. The minimum Gasteiger partial charge on any atom is -0.310 e. The molecule has 2 aromatic heterocycles. The Hall–Kier alpha value is -3.31. The van der Waals surface area contributed by atoms with Gasteiger partial charge in [0.15, 0.2) is 0 Å². The summed E-state index contributed by atoms with van der Waals surface area (Å²) in [5.74, 6) is 0. The van der Waals surface area contributed by atoms with Crippen LogP contribution in [-0.4, -0.2) is 15.5 Å². The molecule has 3 heterocycles. The van der Waals surface area contributed by atoms with Gasteiger partial charge in [0.05, 0.1) is 18.3 Å². The van der Waals surface area contributed by atoms with E-state index in [-0.39, 0.29) is 12.1 Å². The summed E-state index contributed by atoms with van der Waals surface area (Å²) in [6.45, 7) is 2.72. The van der Waals surface area contributed by atoms with Crippen LogP contribution in [0.5, 0.6) is 0 Å². The fourth-order valence-electron chi connectivity index (χ4n) is 5.29. The summed E-state index contributed by atoms with van der Waals surface area (Å²) in [6, 6.07) is 22.4. The Morgan fingerprint density at radius 1 is 0.970 bits per heavy atom. The lowest BCUT2D eigenvalue weighted by atomic mass is 9.95. The fourth-order valence-corrected chi connectivity index (χ4v) is 6.70. The van der Waals surface area contributed by atoms with Crippen LogP contribution in [0.15, 0.2) is 72.9 Å². The molecule has 4 nitrogen and oxygen atoms in total. The first-order valence-corrected chi connectivity index (χ1v) is 12.5. The number of carbonyl (C=O) groups is 1. The van der Waals surface area contributed by atoms with Crippen molar-refractivity contribution in [2.75, 3.05) is 5.32 Å². The minimum absolute atomic E-state index is 0.0657. The standard InChI is InChI=1S/C28H27N3OS/c1-19-9-7-10-20(17-19)26-24-14-8-16-30(24)27-23(22-13-5-6-15-25(22)33-27)18-31(26)28(32)29-21-11-3-2-4-12-21/h2-4,7-12,14,16-17,26H,5-6,13,15,18H2,1H3,(H,29,32)/t26-/m0/s1. The van der Waals surface area contributed by atoms with E-state index in [1.54, 1.807) is 0 Å². The highest BCUT2D eigenvalue weighted by atomic mass is 32.1. The molecule has 33 heavy (non-hydrogen) atoms. The maximum absolute atomic E-state index is 13.8. The Labute approximate surface area is 198 Å². The summed E-state index contributed by atoms with van der Waals surface area (Å²) in [5.41, 5.74) is 7.10. The number of nitrogens with one attached hydrogen (secondary N) is 1. The third-order valence-electron chi connectivity index (χ3n) is 6.82. The van der Waals surface area contributed by atoms with Crippen LogP contribution in [0.25, 0.3) is 5.00 Å². The van der Waals surface area contributed by atoms with Crippen LogP contribution in [-0.2, 0) is 19.4 Å². The van der Waals surface area contributed by atoms with Crippen LogP contribution in [0.3, 0.4) is 0 Å². The van der Waals surface area contributed by atoms with Crippen LogP contribution in [0, 0.1) is 6.92 Å². The molecule has 1 atom stereocenters. The SMILES string of the molecule is Cc1cccc([C@H]2c3cccn3-c3sc4c(c3CN2C(=O)Nc2ccccc2)CCCC4)c1. The Balaban J connectivity index is 1.51. The number of benzene rings is 2. The summed E-state index contributed by atoms with van der Waals surface area (Å²) in [4.78, 5) is 17.4. The maximum Gasteiger partial charge on any atom is 0.322 e. The number of nitrogens with zero attached hydrogens (tertiary/aromatic N) is 2. The predicted molar refractivity (Wildman–Crippen MR) is 134 cm³/mol. The van der Waals surface area contributed by atoms with E-state index in [0.29, 0.717) is 6.54 Å². The molecule has 4 aromatic rings. The van der Waals surface area contributed by atoms with Crippen molar-refractivity contribution >= 4 is 23.1 Å². The van der Waals surface area contributed by atoms with Crippen molar-refractivity contribution in [1.82, 2.24) is 9.47 Å². The number of aryl methyl sites for hydroxylation is 2. The maximum atomic E-state index is 13.8. The van der Waals surface area contributed by atoms with Crippen LogP contribution < -0.4 is 5.32 Å². The Morgan fingerprint density at radius 2 is 1.82 bits per heavy atom. The van der Waals surface area contributed by atoms with Gasteiger partial charge in [-0.25, -0.2) is 4.79 Å². The third-order valence-corrected chi connectivity index (χ3v) is 8.16. The van der Waals surface area contributed by atoms with Crippen LogP contribution >= 0.6 is 11.3 Å². The number of hydrogen-bond acceptors (Lipinski definition) is 2. The van der Waals surface area contributed by atoms with Gasteiger partial charge >= 0.3 is 6.03 Å². The highest BCUT2D eigenvalue weighted by Gasteiger charge is 2.36. The summed E-state index contributed by atoms with van der Waals surface area (Å²) >= 11 is 1.92. The summed E-state index contributed by atoms with van der Waals surface area (Å²) in [7, 11) is 0. The van der Waals surface area contributed by atoms with E-state index in [1.165, 1.54) is 39.4 Å². The lowest BCUT2D eigenvalue weighted by molar-refractivity contribution is 0.194. The fraction of sp³-hybridized carbons (Fsp3) is 0.250. The van der Waals surface area contributed by atoms with Crippen molar-refractivity contribution < 1.29 is 4.79 Å². The molecule has 0 spiro atoms. The van der Waals surface area contributed by atoms with Crippen LogP contribution in [0.4, 0.5) is 10.5 Å². The van der Waals surface area contributed by atoms with Gasteiger partial charge in [-0.15, -0.1) is 11.3 Å². The van der Waals surface area contributed by atoms with Crippen molar-refractivity contribution in [3.05, 3.63) is 106 Å². The van der Waals surface area contributed by atoms with E-state index in [0.717, 1.165) is 29.8 Å². The molecule has 5 heteroatoms. The number of aromatic nitrogens is 1. The first-order chi connectivity index (χ1) is 16.2. The first kappa shape index (κ1) is 20.3. The van der Waals surface area contributed by atoms with Gasteiger partial charge in [-0.2, -0.15) is 0 Å². The van der Waals surface area contributed by atoms with Crippen molar-refractivity contribution in [1.29, 1.82) is 0 Å². The number of para-hydroxylation sites is 1. The monoisotopic (exact) mass is 453 g/mol. The van der Waals surface area contributed by atoms with Gasteiger partial charge < -0.3 is 14.8 Å². The van der Waals surface area contributed by atoms with Gasteiger partial charge in [0.25, 0.3) is 0 Å². The average molecular weight is 454 g/mol. The van der Waals surface area contributed by atoms with Crippen molar-refractivity contribution in [3.63, 3.8) is 0 Å². The molecular weight excluding hydrogens is 426 g/mol. The molecule has 2 aliphatic rings. The summed E-state index contributed by atoms with van der Waals surface area (Å²) in [5, 5.41) is 4.45. The topological polar surface area (TPSA) is 37.3 Å². The largest absolute Gasteiger partial charge is 0.322 e. The Kier molecular flexibility index (Phi) is 5.07. The van der Waals surface area contributed by atoms with E-state index in [9.17, 15) is 4.79 Å². The molecule has 1 N–H and O–H groups in total. The number of anilines is 1. The van der Waals surface area contributed by atoms with Crippen molar-refractivity contribution in [3.8, 4) is 5.00 Å². The van der Waals surface area contributed by atoms with Gasteiger partial charge in [-0.1, -0.05) is 48.0 Å². The Morgan fingerprint density at radius 3 is 2.67 bits per heavy atom. The van der Waals surface area contributed by atoms with Gasteiger partial charge in [-0.3, -0.25) is 0 Å². The molecule has 166 valence electrons. The second-order valence-electron chi connectivity index (χ2n) is 9.04. The van der Waals surface area contributed by atoms with E-state index in [4.69, 9.17) is 0 Å². The van der Waals surface area contributed by atoms with Crippen LogP contribution in [0.2, 0.25) is 0 Å². The smallest absolute Gasteiger partial charge is 0.310 e. The first-order valence-electron chi connectivity index (χ1n) is 11.7. The number of amides is 2. The predicted octanol–water partition coefficient (Wildman–Crippen LogP) is 6.86. The zero-order chi connectivity index (χ0) is 22.4. The number of carbonyl (C=O) groups excluding carboxylic acids is 1. The zero-order valence-corrected chi connectivity index (χ0v) is 19.6. The van der Waals surface area contributed by atoms with E-state index in [1.807, 2.05) is 46.6 Å². The third kappa shape index (κ3) is 3.57. The molecule has 0 saturated heterocycles. The lowest BCUT2D eigenvalue weighted by Gasteiger charge is -2.31. The average Bonchev–Trinajstić information content (AvgIpc) is 3.41. The van der Waals surface area contributed by atoms with Crippen molar-refractivity contribution in [2.24, 2.45) is 0 Å². The Bertz CT molecular complexity index is 1320. The molecule has 0 saturated carbocycles.